The number of nitrogens with one attached hydrogen (secondary N) is 1. The molecule has 22 heavy (non-hydrogen) atoms. The maximum Gasteiger partial charge on any atom is 0.159 e. The fourth-order valence-corrected chi connectivity index (χ4v) is 2.20. The Kier molecular flexibility index (Phi) is 4.56. The van der Waals surface area contributed by atoms with Crippen LogP contribution < -0.4 is 5.32 Å². The van der Waals surface area contributed by atoms with Gasteiger partial charge in [-0.25, -0.2) is 9.97 Å². The Bertz CT molecular complexity index is 703. The van der Waals surface area contributed by atoms with Crippen molar-refractivity contribution in [2.24, 2.45) is 0 Å². The average Bonchev–Trinajstić information content (AvgIpc) is 2.98. The van der Waals surface area contributed by atoms with E-state index in [1.54, 1.807) is 0 Å². The van der Waals surface area contributed by atoms with Gasteiger partial charge < -0.3 is 5.32 Å². The first-order valence-electron chi connectivity index (χ1n) is 7.37. The van der Waals surface area contributed by atoms with Gasteiger partial charge in [0.15, 0.2) is 5.82 Å². The molecule has 5 nitrogen and oxygen atoms in total. The van der Waals surface area contributed by atoms with Gasteiger partial charge >= 0.3 is 0 Å². The Balaban J connectivity index is 1.49. The van der Waals surface area contributed by atoms with Crippen LogP contribution in [-0.4, -0.2) is 26.3 Å². The van der Waals surface area contributed by atoms with Crippen LogP contribution in [0.5, 0.6) is 0 Å². The molecular weight excluding hydrogens is 274 g/mol. The van der Waals surface area contributed by atoms with Crippen LogP contribution in [-0.2, 0) is 13.1 Å². The standard InChI is InChI=1S/C17H19N5/c1-14-9-21-22(13-14)8-7-18-10-15-11-19-17(20-12-15)16-5-3-2-4-6-16/h2-6,9,11-13,18H,7-8,10H2,1H3. The summed E-state index contributed by atoms with van der Waals surface area (Å²) in [6.45, 7) is 4.52. The summed E-state index contributed by atoms with van der Waals surface area (Å²) >= 11 is 0. The predicted octanol–water partition coefficient (Wildman–Crippen LogP) is 2.44. The molecule has 1 aromatic carbocycles. The molecule has 0 spiro atoms. The molecule has 0 aliphatic heterocycles. The van der Waals surface area contributed by atoms with Gasteiger partial charge in [0.25, 0.3) is 0 Å². The Labute approximate surface area is 130 Å². The van der Waals surface area contributed by atoms with E-state index < -0.39 is 0 Å². The summed E-state index contributed by atoms with van der Waals surface area (Å²) in [6, 6.07) is 10.00. The first kappa shape index (κ1) is 14.4. The van der Waals surface area contributed by atoms with Gasteiger partial charge in [0.05, 0.1) is 12.7 Å². The lowest BCUT2D eigenvalue weighted by Gasteiger charge is -2.05. The summed E-state index contributed by atoms with van der Waals surface area (Å²) in [5, 5.41) is 7.64. The summed E-state index contributed by atoms with van der Waals surface area (Å²) in [5.41, 5.74) is 3.30. The van der Waals surface area contributed by atoms with Gasteiger partial charge in [-0.3, -0.25) is 4.68 Å². The molecule has 1 N–H and O–H groups in total. The SMILES string of the molecule is Cc1cnn(CCNCc2cnc(-c3ccccc3)nc2)c1. The van der Waals surface area contributed by atoms with E-state index in [0.717, 1.165) is 36.6 Å². The summed E-state index contributed by atoms with van der Waals surface area (Å²) in [5.74, 6) is 0.761. The van der Waals surface area contributed by atoms with Crippen molar-refractivity contribution in [3.63, 3.8) is 0 Å². The highest BCUT2D eigenvalue weighted by Crippen LogP contribution is 2.12. The molecular formula is C17H19N5. The Morgan fingerprint density at radius 3 is 2.50 bits per heavy atom. The van der Waals surface area contributed by atoms with Gasteiger partial charge in [0.2, 0.25) is 0 Å². The lowest BCUT2D eigenvalue weighted by molar-refractivity contribution is 0.554. The quantitative estimate of drug-likeness (QED) is 0.709. The third kappa shape index (κ3) is 3.77. The average molecular weight is 293 g/mol. The van der Waals surface area contributed by atoms with Crippen LogP contribution in [0.1, 0.15) is 11.1 Å². The predicted molar refractivity (Wildman–Crippen MR) is 86.1 cm³/mol. The number of hydrogen-bond acceptors (Lipinski definition) is 4. The van der Waals surface area contributed by atoms with E-state index in [-0.39, 0.29) is 0 Å². The first-order chi connectivity index (χ1) is 10.8. The Morgan fingerprint density at radius 1 is 1.05 bits per heavy atom. The van der Waals surface area contributed by atoms with Crippen molar-refractivity contribution >= 4 is 0 Å². The Morgan fingerprint density at radius 2 is 1.82 bits per heavy atom. The maximum atomic E-state index is 4.42. The van der Waals surface area contributed by atoms with E-state index >= 15 is 0 Å². The second kappa shape index (κ2) is 6.95. The lowest BCUT2D eigenvalue weighted by atomic mass is 10.2. The van der Waals surface area contributed by atoms with Crippen LogP contribution >= 0.6 is 0 Å². The molecule has 0 saturated carbocycles. The first-order valence-corrected chi connectivity index (χ1v) is 7.37. The molecule has 0 bridgehead atoms. The zero-order chi connectivity index (χ0) is 15.2. The number of aromatic nitrogens is 4. The normalized spacial score (nSPS) is 10.8. The number of nitrogens with zero attached hydrogens (tertiary/aromatic N) is 4. The van der Waals surface area contributed by atoms with Gasteiger partial charge in [-0.15, -0.1) is 0 Å². The molecule has 0 aliphatic carbocycles. The third-order valence-corrected chi connectivity index (χ3v) is 3.35. The van der Waals surface area contributed by atoms with Crippen molar-refractivity contribution in [2.45, 2.75) is 20.0 Å². The van der Waals surface area contributed by atoms with Crippen molar-refractivity contribution < 1.29 is 0 Å². The van der Waals surface area contributed by atoms with E-state index in [2.05, 4.69) is 20.4 Å². The molecule has 5 heteroatoms. The van der Waals surface area contributed by atoms with Crippen molar-refractivity contribution in [1.82, 2.24) is 25.1 Å². The van der Waals surface area contributed by atoms with Gasteiger partial charge in [0, 0.05) is 42.8 Å². The van der Waals surface area contributed by atoms with E-state index in [4.69, 9.17) is 0 Å². The molecule has 0 saturated heterocycles. The molecule has 0 aliphatic rings. The van der Waals surface area contributed by atoms with Crippen LogP contribution in [0.3, 0.4) is 0 Å². The number of rotatable bonds is 6. The fourth-order valence-electron chi connectivity index (χ4n) is 2.20. The van der Waals surface area contributed by atoms with E-state index in [9.17, 15) is 0 Å². The minimum atomic E-state index is 0.759. The van der Waals surface area contributed by atoms with E-state index in [1.165, 1.54) is 5.56 Å². The lowest BCUT2D eigenvalue weighted by Crippen LogP contribution is -2.20. The summed E-state index contributed by atoms with van der Waals surface area (Å²) < 4.78 is 1.94. The third-order valence-electron chi connectivity index (χ3n) is 3.35. The topological polar surface area (TPSA) is 55.6 Å². The van der Waals surface area contributed by atoms with Crippen molar-refractivity contribution in [3.8, 4) is 11.4 Å². The van der Waals surface area contributed by atoms with E-state index in [1.807, 2.05) is 66.7 Å². The Hall–Kier alpha value is -2.53. The molecule has 0 radical (unpaired) electrons. The molecule has 3 rings (SSSR count). The van der Waals surface area contributed by atoms with Gasteiger partial charge in [-0.1, -0.05) is 30.3 Å². The molecule has 3 aromatic rings. The second-order valence-corrected chi connectivity index (χ2v) is 5.24. The summed E-state index contributed by atoms with van der Waals surface area (Å²) in [6.07, 6.45) is 7.66. The smallest absolute Gasteiger partial charge is 0.159 e. The molecule has 2 heterocycles. The van der Waals surface area contributed by atoms with Crippen LogP contribution in [0.2, 0.25) is 0 Å². The number of hydrogen-bond donors (Lipinski definition) is 1. The van der Waals surface area contributed by atoms with Gasteiger partial charge in [-0.05, 0) is 12.5 Å². The zero-order valence-electron chi connectivity index (χ0n) is 12.6. The zero-order valence-corrected chi connectivity index (χ0v) is 12.6. The van der Waals surface area contributed by atoms with Crippen molar-refractivity contribution in [1.29, 1.82) is 0 Å². The van der Waals surface area contributed by atoms with Crippen LogP contribution in [0.15, 0.2) is 55.1 Å². The monoisotopic (exact) mass is 293 g/mol. The molecule has 2 aromatic heterocycles. The van der Waals surface area contributed by atoms with Gasteiger partial charge in [0.1, 0.15) is 0 Å². The molecule has 0 amide bonds. The molecule has 0 unspecified atom stereocenters. The van der Waals surface area contributed by atoms with Crippen molar-refractivity contribution in [2.75, 3.05) is 6.54 Å². The molecule has 0 atom stereocenters. The van der Waals surface area contributed by atoms with Crippen LogP contribution in [0.4, 0.5) is 0 Å². The van der Waals surface area contributed by atoms with Crippen LogP contribution in [0, 0.1) is 6.92 Å². The minimum Gasteiger partial charge on any atom is -0.311 e. The summed E-state index contributed by atoms with van der Waals surface area (Å²) in [4.78, 5) is 8.84. The minimum absolute atomic E-state index is 0.759. The number of benzene rings is 1. The molecule has 0 fully saturated rings. The van der Waals surface area contributed by atoms with E-state index in [0.29, 0.717) is 0 Å². The highest BCUT2D eigenvalue weighted by atomic mass is 15.3. The van der Waals surface area contributed by atoms with Crippen LogP contribution in [0.25, 0.3) is 11.4 Å². The number of aryl methyl sites for hydroxylation is 1. The maximum absolute atomic E-state index is 4.42. The van der Waals surface area contributed by atoms with Crippen molar-refractivity contribution in [3.05, 3.63) is 66.2 Å². The fraction of sp³-hybridized carbons (Fsp3) is 0.235. The highest BCUT2D eigenvalue weighted by molar-refractivity contribution is 5.53. The summed E-state index contributed by atoms with van der Waals surface area (Å²) in [7, 11) is 0. The van der Waals surface area contributed by atoms with Gasteiger partial charge in [-0.2, -0.15) is 5.10 Å². The highest BCUT2D eigenvalue weighted by Gasteiger charge is 2.00. The largest absolute Gasteiger partial charge is 0.311 e. The molecule has 112 valence electrons. The second-order valence-electron chi connectivity index (χ2n) is 5.24.